The first-order valence-electron chi connectivity index (χ1n) is 5.90. The Kier molecular flexibility index (Phi) is 6.04. The van der Waals surface area contributed by atoms with Crippen molar-refractivity contribution < 1.29 is 4.39 Å². The van der Waals surface area contributed by atoms with Gasteiger partial charge in [-0.25, -0.2) is 4.39 Å². The lowest BCUT2D eigenvalue weighted by molar-refractivity contribution is 0.598. The zero-order valence-corrected chi connectivity index (χ0v) is 10.1. The summed E-state index contributed by atoms with van der Waals surface area (Å²) in [6.07, 6.45) is 1.16. The molecule has 0 radical (unpaired) electrons. The van der Waals surface area contributed by atoms with E-state index in [1.807, 2.05) is 13.0 Å². The average molecular weight is 224 g/mol. The molecule has 0 aliphatic carbocycles. The fraction of sp³-hybridized carbons (Fsp3) is 0.538. The molecular formula is C13H21FN2. The number of hydrogen-bond acceptors (Lipinski definition) is 2. The molecule has 0 aliphatic rings. The molecule has 1 aromatic carbocycles. The first-order chi connectivity index (χ1) is 7.74. The van der Waals surface area contributed by atoms with Crippen molar-refractivity contribution in [1.29, 1.82) is 0 Å². The monoisotopic (exact) mass is 224 g/mol. The van der Waals surface area contributed by atoms with E-state index in [0.29, 0.717) is 0 Å². The van der Waals surface area contributed by atoms with E-state index >= 15 is 0 Å². The lowest BCUT2D eigenvalue weighted by atomic mass is 10.1. The van der Waals surface area contributed by atoms with Gasteiger partial charge in [-0.2, -0.15) is 0 Å². The van der Waals surface area contributed by atoms with E-state index in [1.165, 1.54) is 6.07 Å². The van der Waals surface area contributed by atoms with Gasteiger partial charge in [-0.05, 0) is 43.1 Å². The highest BCUT2D eigenvalue weighted by molar-refractivity contribution is 5.26. The molecule has 0 fully saturated rings. The smallest absolute Gasteiger partial charge is 0.123 e. The van der Waals surface area contributed by atoms with Crippen molar-refractivity contribution in [3.63, 3.8) is 0 Å². The molecule has 0 bridgehead atoms. The molecular weight excluding hydrogens is 203 g/mol. The van der Waals surface area contributed by atoms with E-state index in [0.717, 1.165) is 43.7 Å². The summed E-state index contributed by atoms with van der Waals surface area (Å²) >= 11 is 0. The molecule has 0 saturated carbocycles. The van der Waals surface area contributed by atoms with Gasteiger partial charge in [-0.15, -0.1) is 0 Å². The van der Waals surface area contributed by atoms with Crippen LogP contribution >= 0.6 is 0 Å². The highest BCUT2D eigenvalue weighted by Crippen LogP contribution is 2.09. The quantitative estimate of drug-likeness (QED) is 0.694. The summed E-state index contributed by atoms with van der Waals surface area (Å²) in [5.74, 6) is -0.161. The number of halogens is 1. The van der Waals surface area contributed by atoms with Gasteiger partial charge in [0.2, 0.25) is 0 Å². The second-order valence-electron chi connectivity index (χ2n) is 4.00. The van der Waals surface area contributed by atoms with Crippen LogP contribution in [0.3, 0.4) is 0 Å². The Labute approximate surface area is 97.3 Å². The molecule has 2 nitrogen and oxygen atoms in total. The summed E-state index contributed by atoms with van der Waals surface area (Å²) in [4.78, 5) is 0. The SMILES string of the molecule is CCCNCCNCc1cc(F)ccc1C. The molecule has 1 rings (SSSR count). The maximum atomic E-state index is 13.0. The Morgan fingerprint density at radius 3 is 2.62 bits per heavy atom. The van der Waals surface area contributed by atoms with E-state index in [1.54, 1.807) is 6.07 Å². The van der Waals surface area contributed by atoms with Gasteiger partial charge in [0, 0.05) is 19.6 Å². The summed E-state index contributed by atoms with van der Waals surface area (Å²) in [7, 11) is 0. The first-order valence-corrected chi connectivity index (χ1v) is 5.90. The average Bonchev–Trinajstić information content (AvgIpc) is 2.28. The molecule has 0 aromatic heterocycles. The van der Waals surface area contributed by atoms with Crippen molar-refractivity contribution in [3.05, 3.63) is 35.1 Å². The maximum absolute atomic E-state index is 13.0. The number of benzene rings is 1. The topological polar surface area (TPSA) is 24.1 Å². The van der Waals surface area contributed by atoms with E-state index in [2.05, 4.69) is 17.6 Å². The molecule has 0 unspecified atom stereocenters. The lowest BCUT2D eigenvalue weighted by Crippen LogP contribution is -2.27. The van der Waals surface area contributed by atoms with Gasteiger partial charge >= 0.3 is 0 Å². The fourth-order valence-corrected chi connectivity index (χ4v) is 1.53. The lowest BCUT2D eigenvalue weighted by Gasteiger charge is -2.08. The second kappa shape index (κ2) is 7.36. The van der Waals surface area contributed by atoms with Crippen LogP contribution in [0.2, 0.25) is 0 Å². The third-order valence-corrected chi connectivity index (χ3v) is 2.53. The fourth-order valence-electron chi connectivity index (χ4n) is 1.53. The molecule has 2 N–H and O–H groups in total. The minimum atomic E-state index is -0.161. The normalized spacial score (nSPS) is 10.7. The van der Waals surface area contributed by atoms with Gasteiger partial charge in [0.05, 0.1) is 0 Å². The Hall–Kier alpha value is -0.930. The van der Waals surface area contributed by atoms with E-state index in [9.17, 15) is 4.39 Å². The van der Waals surface area contributed by atoms with Crippen molar-refractivity contribution in [3.8, 4) is 0 Å². The summed E-state index contributed by atoms with van der Waals surface area (Å²) < 4.78 is 13.0. The molecule has 1 aromatic rings. The summed E-state index contributed by atoms with van der Waals surface area (Å²) in [5, 5.41) is 6.61. The predicted molar refractivity (Wildman–Crippen MR) is 66.0 cm³/mol. The summed E-state index contributed by atoms with van der Waals surface area (Å²) in [6, 6.07) is 4.92. The molecule has 3 heteroatoms. The van der Waals surface area contributed by atoms with Crippen LogP contribution in [0.5, 0.6) is 0 Å². The van der Waals surface area contributed by atoms with Crippen LogP contribution in [0.4, 0.5) is 4.39 Å². The first kappa shape index (κ1) is 13.1. The van der Waals surface area contributed by atoms with E-state index < -0.39 is 0 Å². The largest absolute Gasteiger partial charge is 0.315 e. The Morgan fingerprint density at radius 1 is 1.12 bits per heavy atom. The molecule has 0 atom stereocenters. The van der Waals surface area contributed by atoms with Gasteiger partial charge in [0.25, 0.3) is 0 Å². The van der Waals surface area contributed by atoms with Crippen LogP contribution in [-0.4, -0.2) is 19.6 Å². The van der Waals surface area contributed by atoms with Crippen LogP contribution in [0, 0.1) is 12.7 Å². The number of hydrogen-bond donors (Lipinski definition) is 2. The number of rotatable bonds is 7. The third kappa shape index (κ3) is 4.73. The molecule has 0 amide bonds. The van der Waals surface area contributed by atoms with Gasteiger partial charge in [-0.3, -0.25) is 0 Å². The van der Waals surface area contributed by atoms with Crippen molar-refractivity contribution in [1.82, 2.24) is 10.6 Å². The minimum Gasteiger partial charge on any atom is -0.315 e. The van der Waals surface area contributed by atoms with Crippen molar-refractivity contribution in [2.75, 3.05) is 19.6 Å². The minimum absolute atomic E-state index is 0.161. The zero-order chi connectivity index (χ0) is 11.8. The molecule has 0 saturated heterocycles. The molecule has 16 heavy (non-hydrogen) atoms. The van der Waals surface area contributed by atoms with Gasteiger partial charge in [0.1, 0.15) is 5.82 Å². The van der Waals surface area contributed by atoms with Gasteiger partial charge < -0.3 is 10.6 Å². The summed E-state index contributed by atoms with van der Waals surface area (Å²) in [6.45, 7) is 7.82. The third-order valence-electron chi connectivity index (χ3n) is 2.53. The number of nitrogens with one attached hydrogen (secondary N) is 2. The van der Waals surface area contributed by atoms with Crippen molar-refractivity contribution >= 4 is 0 Å². The van der Waals surface area contributed by atoms with Crippen LogP contribution in [0.1, 0.15) is 24.5 Å². The van der Waals surface area contributed by atoms with Crippen LogP contribution in [0.15, 0.2) is 18.2 Å². The summed E-state index contributed by atoms with van der Waals surface area (Å²) in [5.41, 5.74) is 2.17. The van der Waals surface area contributed by atoms with Gasteiger partial charge in [0.15, 0.2) is 0 Å². The van der Waals surface area contributed by atoms with E-state index in [4.69, 9.17) is 0 Å². The Bertz CT molecular complexity index is 313. The Balaban J connectivity index is 2.23. The van der Waals surface area contributed by atoms with Crippen LogP contribution in [0.25, 0.3) is 0 Å². The van der Waals surface area contributed by atoms with E-state index in [-0.39, 0.29) is 5.82 Å². The van der Waals surface area contributed by atoms with Crippen molar-refractivity contribution in [2.45, 2.75) is 26.8 Å². The molecule has 0 spiro atoms. The predicted octanol–water partition coefficient (Wildman–Crippen LogP) is 2.22. The van der Waals surface area contributed by atoms with Crippen molar-refractivity contribution in [2.24, 2.45) is 0 Å². The second-order valence-corrected chi connectivity index (χ2v) is 4.00. The standard InChI is InChI=1S/C13H21FN2/c1-3-6-15-7-8-16-10-12-9-13(14)5-4-11(12)2/h4-5,9,15-16H,3,6-8,10H2,1-2H3. The molecule has 0 heterocycles. The Morgan fingerprint density at radius 2 is 1.88 bits per heavy atom. The number of aryl methyl sites for hydroxylation is 1. The van der Waals surface area contributed by atoms with Gasteiger partial charge in [-0.1, -0.05) is 13.0 Å². The van der Waals surface area contributed by atoms with Crippen LogP contribution < -0.4 is 10.6 Å². The highest BCUT2D eigenvalue weighted by atomic mass is 19.1. The zero-order valence-electron chi connectivity index (χ0n) is 10.1. The molecule has 90 valence electrons. The highest BCUT2D eigenvalue weighted by Gasteiger charge is 1.99. The molecule has 0 aliphatic heterocycles. The van der Waals surface area contributed by atoms with Crippen LogP contribution in [-0.2, 0) is 6.54 Å². The maximum Gasteiger partial charge on any atom is 0.123 e.